The Morgan fingerprint density at radius 1 is 0.339 bits per heavy atom. The topological polar surface area (TPSA) is 78.9 Å². The summed E-state index contributed by atoms with van der Waals surface area (Å²) in [7, 11) is 0. The number of carbonyl (C=O) groups is 3. The van der Waals surface area contributed by atoms with Crippen LogP contribution in [0, 0.1) is 5.92 Å². The molecule has 0 unspecified atom stereocenters. The van der Waals surface area contributed by atoms with E-state index < -0.39 is 6.10 Å². The summed E-state index contributed by atoms with van der Waals surface area (Å²) >= 11 is 0. The molecule has 0 aromatic heterocycles. The molecule has 0 N–H and O–H groups in total. The van der Waals surface area contributed by atoms with E-state index in [4.69, 9.17) is 14.2 Å². The van der Waals surface area contributed by atoms with E-state index in [0.717, 1.165) is 63.7 Å². The summed E-state index contributed by atoms with van der Waals surface area (Å²) in [5, 5.41) is 0. The van der Waals surface area contributed by atoms with Crippen LogP contribution >= 0.6 is 0 Å². The van der Waals surface area contributed by atoms with Crippen molar-refractivity contribution in [3.8, 4) is 0 Å². The minimum Gasteiger partial charge on any atom is -0.462 e. The van der Waals surface area contributed by atoms with Gasteiger partial charge in [-0.1, -0.05) is 240 Å². The van der Waals surface area contributed by atoms with Gasteiger partial charge in [0, 0.05) is 19.3 Å². The van der Waals surface area contributed by atoms with Gasteiger partial charge in [-0.2, -0.15) is 0 Å². The van der Waals surface area contributed by atoms with Gasteiger partial charge in [-0.25, -0.2) is 0 Å². The van der Waals surface area contributed by atoms with E-state index in [1.54, 1.807) is 0 Å². The molecular weight excluding hydrogens is 697 g/mol. The molecule has 0 aliphatic rings. The Labute approximate surface area is 348 Å². The first kappa shape index (κ1) is 54.4. The molecule has 0 rings (SSSR count). The van der Waals surface area contributed by atoms with Gasteiger partial charge in [-0.3, -0.25) is 14.4 Å². The van der Waals surface area contributed by atoms with Crippen LogP contribution in [0.3, 0.4) is 0 Å². The second-order valence-corrected chi connectivity index (χ2v) is 17.6. The number of carbonyl (C=O) groups excluding carboxylic acids is 3. The van der Waals surface area contributed by atoms with E-state index >= 15 is 0 Å². The summed E-state index contributed by atoms with van der Waals surface area (Å²) in [5.41, 5.74) is 0. The van der Waals surface area contributed by atoms with E-state index in [0.29, 0.717) is 19.3 Å². The van der Waals surface area contributed by atoms with Gasteiger partial charge in [0.2, 0.25) is 0 Å². The molecule has 0 saturated carbocycles. The fourth-order valence-electron chi connectivity index (χ4n) is 7.51. The number of unbranched alkanes of at least 4 members (excludes halogenated alkanes) is 32. The van der Waals surface area contributed by atoms with E-state index in [2.05, 4.69) is 27.7 Å². The maximum Gasteiger partial charge on any atom is 0.306 e. The van der Waals surface area contributed by atoms with Crippen molar-refractivity contribution < 1.29 is 28.6 Å². The van der Waals surface area contributed by atoms with Gasteiger partial charge < -0.3 is 14.2 Å². The zero-order valence-corrected chi connectivity index (χ0v) is 38.1. The Kier molecular flexibility index (Phi) is 43.2. The lowest BCUT2D eigenvalue weighted by Gasteiger charge is -2.18. The molecule has 0 saturated heterocycles. The molecule has 0 aliphatic heterocycles. The molecule has 0 aromatic rings. The summed E-state index contributed by atoms with van der Waals surface area (Å²) in [6.07, 6.45) is 45.3. The maximum absolute atomic E-state index is 12.8. The second kappa shape index (κ2) is 44.5. The molecule has 0 fully saturated rings. The highest BCUT2D eigenvalue weighted by molar-refractivity contribution is 5.71. The maximum atomic E-state index is 12.8. The van der Waals surface area contributed by atoms with E-state index in [-0.39, 0.29) is 31.1 Å². The molecule has 56 heavy (non-hydrogen) atoms. The van der Waals surface area contributed by atoms with Gasteiger partial charge in [0.15, 0.2) is 6.10 Å². The molecule has 0 spiro atoms. The van der Waals surface area contributed by atoms with Crippen molar-refractivity contribution in [2.24, 2.45) is 5.92 Å². The molecule has 6 heteroatoms. The number of hydrogen-bond acceptors (Lipinski definition) is 6. The molecule has 0 bridgehead atoms. The molecule has 0 radical (unpaired) electrons. The second-order valence-electron chi connectivity index (χ2n) is 17.6. The predicted octanol–water partition coefficient (Wildman–Crippen LogP) is 15.9. The quantitative estimate of drug-likeness (QED) is 0.0347. The van der Waals surface area contributed by atoms with E-state index in [9.17, 15) is 14.4 Å². The number of esters is 3. The van der Waals surface area contributed by atoms with Crippen molar-refractivity contribution in [2.75, 3.05) is 13.2 Å². The van der Waals surface area contributed by atoms with Crippen LogP contribution in [-0.4, -0.2) is 37.2 Å². The summed E-state index contributed by atoms with van der Waals surface area (Å²) < 4.78 is 16.7. The number of hydrogen-bond donors (Lipinski definition) is 0. The van der Waals surface area contributed by atoms with Gasteiger partial charge in [0.25, 0.3) is 0 Å². The monoisotopic (exact) mass is 793 g/mol. The van der Waals surface area contributed by atoms with Gasteiger partial charge >= 0.3 is 17.9 Å². The van der Waals surface area contributed by atoms with Crippen LogP contribution in [-0.2, 0) is 28.6 Å². The Morgan fingerprint density at radius 3 is 0.875 bits per heavy atom. The predicted molar refractivity (Wildman–Crippen MR) is 238 cm³/mol. The lowest BCUT2D eigenvalue weighted by atomic mass is 10.0. The normalized spacial score (nSPS) is 11.9. The standard InChI is InChI=1S/C50H96O6/c1-5-7-9-11-13-15-16-17-18-19-20-21-22-23-25-31-35-39-43-50(53)56-47(44-54-48(51)41-37-33-29-24-14-12-10-8-6-2)45-55-49(52)42-38-34-30-27-26-28-32-36-40-46(3)4/h46-47H,5-45H2,1-4H3/t47-/m0/s1. The van der Waals surface area contributed by atoms with Crippen molar-refractivity contribution in [3.63, 3.8) is 0 Å². The molecule has 6 nitrogen and oxygen atoms in total. The third kappa shape index (κ3) is 43.5. The van der Waals surface area contributed by atoms with Crippen LogP contribution in [0.2, 0.25) is 0 Å². The van der Waals surface area contributed by atoms with E-state index in [1.807, 2.05) is 0 Å². The molecule has 332 valence electrons. The van der Waals surface area contributed by atoms with Crippen LogP contribution in [0.25, 0.3) is 0 Å². The fourth-order valence-corrected chi connectivity index (χ4v) is 7.51. The first-order valence-electron chi connectivity index (χ1n) is 24.9. The first-order chi connectivity index (χ1) is 27.4. The minimum atomic E-state index is -0.759. The van der Waals surface area contributed by atoms with Crippen LogP contribution in [0.1, 0.15) is 278 Å². The SMILES string of the molecule is CCCCCCCCCCCCCCCCCCCCC(=O)O[C@@H](COC(=O)CCCCCCCCCCC)COC(=O)CCCCCCCCCCC(C)C. The zero-order valence-electron chi connectivity index (χ0n) is 38.1. The van der Waals surface area contributed by atoms with Crippen molar-refractivity contribution in [1.82, 2.24) is 0 Å². The van der Waals surface area contributed by atoms with Gasteiger partial charge in [-0.05, 0) is 25.2 Å². The van der Waals surface area contributed by atoms with Crippen LogP contribution in [0.4, 0.5) is 0 Å². The molecule has 0 amide bonds. The van der Waals surface area contributed by atoms with Gasteiger partial charge in [0.1, 0.15) is 13.2 Å². The highest BCUT2D eigenvalue weighted by Gasteiger charge is 2.19. The van der Waals surface area contributed by atoms with Crippen LogP contribution in [0.15, 0.2) is 0 Å². The average molecular weight is 793 g/mol. The summed E-state index contributed by atoms with van der Waals surface area (Å²) in [6.45, 7) is 8.97. The molecule has 0 aliphatic carbocycles. The number of ether oxygens (including phenoxy) is 3. The Morgan fingerprint density at radius 2 is 0.589 bits per heavy atom. The third-order valence-electron chi connectivity index (χ3n) is 11.3. The molecular formula is C50H96O6. The minimum absolute atomic E-state index is 0.0639. The third-order valence-corrected chi connectivity index (χ3v) is 11.3. The molecule has 0 aromatic carbocycles. The van der Waals surface area contributed by atoms with Crippen molar-refractivity contribution in [3.05, 3.63) is 0 Å². The van der Waals surface area contributed by atoms with E-state index in [1.165, 1.54) is 173 Å². The lowest BCUT2D eigenvalue weighted by molar-refractivity contribution is -0.167. The molecule has 1 atom stereocenters. The first-order valence-corrected chi connectivity index (χ1v) is 24.9. The molecule has 0 heterocycles. The fraction of sp³-hybridized carbons (Fsp3) is 0.940. The summed E-state index contributed by atoms with van der Waals surface area (Å²) in [6, 6.07) is 0. The Balaban J connectivity index is 4.24. The summed E-state index contributed by atoms with van der Waals surface area (Å²) in [5.74, 6) is -0.0560. The summed E-state index contributed by atoms with van der Waals surface area (Å²) in [4.78, 5) is 37.8. The Bertz CT molecular complexity index is 841. The van der Waals surface area contributed by atoms with Crippen LogP contribution in [0.5, 0.6) is 0 Å². The average Bonchev–Trinajstić information content (AvgIpc) is 3.18. The van der Waals surface area contributed by atoms with Gasteiger partial charge in [-0.15, -0.1) is 0 Å². The Hall–Kier alpha value is -1.59. The smallest absolute Gasteiger partial charge is 0.306 e. The van der Waals surface area contributed by atoms with Crippen molar-refractivity contribution in [1.29, 1.82) is 0 Å². The number of rotatable bonds is 45. The van der Waals surface area contributed by atoms with Crippen molar-refractivity contribution >= 4 is 17.9 Å². The highest BCUT2D eigenvalue weighted by Crippen LogP contribution is 2.17. The lowest BCUT2D eigenvalue weighted by Crippen LogP contribution is -2.30. The van der Waals surface area contributed by atoms with Crippen LogP contribution < -0.4 is 0 Å². The van der Waals surface area contributed by atoms with Crippen molar-refractivity contribution in [2.45, 2.75) is 284 Å². The highest BCUT2D eigenvalue weighted by atomic mass is 16.6. The van der Waals surface area contributed by atoms with Gasteiger partial charge in [0.05, 0.1) is 0 Å². The zero-order chi connectivity index (χ0) is 41.0. The largest absolute Gasteiger partial charge is 0.462 e.